The van der Waals surface area contributed by atoms with Crippen LogP contribution in [0.15, 0.2) is 15.0 Å². The first-order valence-electron chi connectivity index (χ1n) is 22.3. The standard InChI is InChI=1S/C24BF20.C21H48N10.Cu.NO3/c26-5-1(6(27)14(35)21(42)13(5)34)25(2-7(28)15(36)22(43)16(37)8(2)29,3-9(30)17(38)23(44)18(39)10(3)31)4-11(32)19(40)24(45)20(41)12(4)33;1-25(2)19(26(3)4)22-13-16-31(17-14-23-20(27(5)6)28(7)8)18-15-24-21(29(9)10)30(11)12;;2-1(3)4/h;13-18H2,1-12H3;;/q-1;;+2;-1. The molecule has 0 heterocycles. The van der Waals surface area contributed by atoms with Crippen LogP contribution in [-0.2, 0) is 17.1 Å². The normalized spacial score (nSPS) is 10.9. The molecule has 0 aliphatic heterocycles. The zero-order valence-corrected chi connectivity index (χ0v) is 45.3. The molecule has 0 unspecified atom stereocenters. The van der Waals surface area contributed by atoms with Gasteiger partial charge in [-0.25, -0.2) is 87.8 Å². The third-order valence-electron chi connectivity index (χ3n) is 11.1. The van der Waals surface area contributed by atoms with Crippen LogP contribution in [0.25, 0.3) is 0 Å². The van der Waals surface area contributed by atoms with Crippen molar-refractivity contribution in [2.75, 3.05) is 124 Å². The van der Waals surface area contributed by atoms with Crippen molar-refractivity contribution < 1.29 is 110 Å². The zero-order chi connectivity index (χ0) is 62.1. The summed E-state index contributed by atoms with van der Waals surface area (Å²) in [6, 6.07) is 0. The van der Waals surface area contributed by atoms with Gasteiger partial charge in [0.2, 0.25) is 0 Å². The van der Waals surface area contributed by atoms with Gasteiger partial charge in [-0.15, -0.1) is 21.9 Å². The van der Waals surface area contributed by atoms with E-state index in [0.717, 1.165) is 57.1 Å². The molecule has 0 amide bonds. The second-order valence-electron chi connectivity index (χ2n) is 17.8. The second kappa shape index (κ2) is 29.7. The number of nitrogens with zero attached hydrogens (tertiary/aromatic N) is 11. The topological polar surface area (TPSA) is 126 Å². The summed E-state index contributed by atoms with van der Waals surface area (Å²) >= 11 is 0. The Morgan fingerprint density at radius 3 is 0.568 bits per heavy atom. The average Bonchev–Trinajstić information content (AvgIpc) is 3.36. The summed E-state index contributed by atoms with van der Waals surface area (Å²) in [7, 11) is 24.3. The van der Waals surface area contributed by atoms with Gasteiger partial charge in [-0.05, 0) is 0 Å². The van der Waals surface area contributed by atoms with Crippen LogP contribution >= 0.6 is 0 Å². The smallest absolute Gasteiger partial charge is 0.356 e. The molecule has 0 aromatic heterocycles. The van der Waals surface area contributed by atoms with Gasteiger partial charge in [0, 0.05) is 104 Å². The second-order valence-corrected chi connectivity index (χ2v) is 17.8. The SMILES string of the molecule is CN(C)C(=NCCN(CCN=C(N(C)C)N(C)C)CCN=C(N(C)C)N(C)C)N(C)C.Fc1c(F)c(F)c([B-](c2c(F)c(F)c(F)c(F)c2F)(c2c(F)c(F)c(F)c(F)c2F)c2c(F)c(F)c(F)c(F)c2F)c(F)c1F.O=[N+]([O-])[O-].[Cu+2]. The summed E-state index contributed by atoms with van der Waals surface area (Å²) < 4.78 is 294. The Bertz CT molecular complexity index is 2510. The van der Waals surface area contributed by atoms with Crippen molar-refractivity contribution in [2.24, 2.45) is 15.0 Å². The van der Waals surface area contributed by atoms with Crippen molar-refractivity contribution in [3.63, 3.8) is 0 Å². The van der Waals surface area contributed by atoms with Crippen LogP contribution in [0.5, 0.6) is 0 Å². The maximum atomic E-state index is 15.4. The molecule has 4 aromatic carbocycles. The number of benzene rings is 4. The fourth-order valence-electron chi connectivity index (χ4n) is 8.13. The van der Waals surface area contributed by atoms with Crippen molar-refractivity contribution in [1.82, 2.24) is 34.3 Å². The molecule has 4 aromatic rings. The van der Waals surface area contributed by atoms with Gasteiger partial charge in [-0.2, -0.15) is 0 Å². The Morgan fingerprint density at radius 1 is 0.321 bits per heavy atom. The molecule has 0 saturated heterocycles. The van der Waals surface area contributed by atoms with Crippen molar-refractivity contribution in [2.45, 2.75) is 0 Å². The number of aliphatic imine (C=N–C) groups is 3. The summed E-state index contributed by atoms with van der Waals surface area (Å²) in [5.41, 5.74) is -14.3. The Balaban J connectivity index is 0.000000799. The summed E-state index contributed by atoms with van der Waals surface area (Å²) in [4.78, 5) is 37.2. The van der Waals surface area contributed by atoms with Crippen molar-refractivity contribution in [3.8, 4) is 0 Å². The average molecular weight is 1250 g/mol. The quantitative estimate of drug-likeness (QED) is 0.0254. The molecule has 0 atom stereocenters. The third kappa shape index (κ3) is 15.3. The largest absolute Gasteiger partial charge is 2.00 e. The van der Waals surface area contributed by atoms with Crippen molar-refractivity contribution >= 4 is 45.9 Å². The van der Waals surface area contributed by atoms with Gasteiger partial charge in [0.25, 0.3) is 0 Å². The number of guanidine groups is 3. The summed E-state index contributed by atoms with van der Waals surface area (Å²) in [5, 5.41) is 14.8. The van der Waals surface area contributed by atoms with Gasteiger partial charge in [0.1, 0.15) is 52.7 Å². The van der Waals surface area contributed by atoms with Crippen LogP contribution in [0.2, 0.25) is 0 Å². The molecule has 0 bridgehead atoms. The van der Waals surface area contributed by atoms with Crippen LogP contribution in [-0.4, -0.2) is 187 Å². The Kier molecular flexibility index (Phi) is 26.4. The molecule has 36 heteroatoms. The Labute approximate surface area is 459 Å². The number of rotatable bonds is 13. The van der Waals surface area contributed by atoms with E-state index in [1.807, 2.05) is 114 Å². The van der Waals surface area contributed by atoms with E-state index < -0.39 is 149 Å². The molecule has 455 valence electrons. The summed E-state index contributed by atoms with van der Waals surface area (Å²) in [6.45, 7) is 4.82. The van der Waals surface area contributed by atoms with Gasteiger partial charge >= 0.3 is 17.1 Å². The first-order chi connectivity index (χ1) is 36.8. The van der Waals surface area contributed by atoms with E-state index in [0.29, 0.717) is 0 Å². The maximum absolute atomic E-state index is 15.4. The van der Waals surface area contributed by atoms with Crippen LogP contribution in [0, 0.1) is 132 Å². The van der Waals surface area contributed by atoms with Crippen molar-refractivity contribution in [1.29, 1.82) is 0 Å². The van der Waals surface area contributed by atoms with Crippen LogP contribution in [0.4, 0.5) is 87.8 Å². The van der Waals surface area contributed by atoms with Crippen LogP contribution in [0.1, 0.15) is 0 Å². The predicted molar refractivity (Wildman–Crippen MR) is 255 cm³/mol. The van der Waals surface area contributed by atoms with Gasteiger partial charge < -0.3 is 44.7 Å². The molecule has 14 nitrogen and oxygen atoms in total. The Hall–Kier alpha value is -6.97. The fraction of sp³-hybridized carbons (Fsp3) is 0.400. The van der Waals surface area contributed by atoms with Gasteiger partial charge in [-0.1, -0.05) is 0 Å². The number of hydrogen-bond acceptors (Lipinski definition) is 7. The Morgan fingerprint density at radius 2 is 0.444 bits per heavy atom. The van der Waals surface area contributed by atoms with E-state index in [4.69, 9.17) is 30.3 Å². The molecule has 1 radical (unpaired) electrons. The van der Waals surface area contributed by atoms with Gasteiger partial charge in [0.15, 0.2) is 87.7 Å². The molecule has 0 aliphatic carbocycles. The zero-order valence-electron chi connectivity index (χ0n) is 44.3. The summed E-state index contributed by atoms with van der Waals surface area (Å²) in [5.74, 6) is -68.5. The molecule has 0 aliphatic rings. The van der Waals surface area contributed by atoms with Crippen LogP contribution < -0.4 is 21.9 Å². The first kappa shape index (κ1) is 72.0. The van der Waals surface area contributed by atoms with Gasteiger partial charge in [-0.3, -0.25) is 19.9 Å². The monoisotopic (exact) mass is 1240 g/mol. The molecular formula is C45H48BCuF20N11O3. The number of hydrogen-bond donors (Lipinski definition) is 0. The maximum Gasteiger partial charge on any atom is 2.00 e. The summed E-state index contributed by atoms with van der Waals surface area (Å²) in [6.07, 6.45) is -7.22. The minimum absolute atomic E-state index is 0. The molecule has 0 fully saturated rings. The van der Waals surface area contributed by atoms with E-state index in [-0.39, 0.29) is 17.1 Å². The van der Waals surface area contributed by atoms with Crippen molar-refractivity contribution in [3.05, 3.63) is 132 Å². The minimum atomic E-state index is -7.22. The predicted octanol–water partition coefficient (Wildman–Crippen LogP) is 5.33. The van der Waals surface area contributed by atoms with E-state index in [1.54, 1.807) is 0 Å². The van der Waals surface area contributed by atoms with E-state index in [9.17, 15) is 52.7 Å². The fourth-order valence-corrected chi connectivity index (χ4v) is 8.13. The molecule has 81 heavy (non-hydrogen) atoms. The first-order valence-corrected chi connectivity index (χ1v) is 22.3. The third-order valence-corrected chi connectivity index (χ3v) is 11.1. The molecule has 0 spiro atoms. The molecule has 4 rings (SSSR count). The van der Waals surface area contributed by atoms with E-state index in [1.165, 1.54) is 0 Å². The molecule has 0 saturated carbocycles. The van der Waals surface area contributed by atoms with E-state index in [2.05, 4.69) is 4.90 Å². The molecule has 0 N–H and O–H groups in total. The van der Waals surface area contributed by atoms with Crippen LogP contribution in [0.3, 0.4) is 0 Å². The number of halogens is 20. The molecular weight excluding hydrogens is 1200 g/mol. The minimum Gasteiger partial charge on any atom is -0.356 e. The van der Waals surface area contributed by atoms with Gasteiger partial charge in [0.05, 0.1) is 24.7 Å². The van der Waals surface area contributed by atoms with E-state index >= 15 is 35.1 Å².